The third-order valence-electron chi connectivity index (χ3n) is 3.82. The second-order valence-corrected chi connectivity index (χ2v) is 10.1. The number of amides is 1. The first-order chi connectivity index (χ1) is 11.5. The van der Waals surface area contributed by atoms with Gasteiger partial charge in [0.1, 0.15) is 0 Å². The first-order valence-corrected chi connectivity index (χ1v) is 11.3. The van der Waals surface area contributed by atoms with Crippen LogP contribution in [-0.4, -0.2) is 50.3 Å². The molecule has 0 atom stereocenters. The first kappa shape index (κ1) is 22.0. The van der Waals surface area contributed by atoms with E-state index < -0.39 is 10.0 Å². The minimum absolute atomic E-state index is 0.0349. The molecular weight excluding hydrogens is 356 g/mol. The quantitative estimate of drug-likeness (QED) is 0.523. The van der Waals surface area contributed by atoms with E-state index in [1.807, 2.05) is 12.1 Å². The molecule has 0 saturated heterocycles. The van der Waals surface area contributed by atoms with Crippen molar-refractivity contribution in [2.45, 2.75) is 44.4 Å². The predicted octanol–water partition coefficient (Wildman–Crippen LogP) is 2.86. The van der Waals surface area contributed by atoms with Crippen molar-refractivity contribution in [1.82, 2.24) is 9.62 Å². The average Bonchev–Trinajstić information content (AvgIpc) is 2.51. The van der Waals surface area contributed by atoms with E-state index in [0.29, 0.717) is 31.8 Å². The molecule has 1 amide bonds. The van der Waals surface area contributed by atoms with Gasteiger partial charge < -0.3 is 5.32 Å². The largest absolute Gasteiger partial charge is 0.355 e. The smallest absolute Gasteiger partial charge is 0.230 e. The molecule has 0 unspecified atom stereocenters. The number of nitrogens with one attached hydrogen (secondary N) is 1. The molecule has 0 bridgehead atoms. The van der Waals surface area contributed by atoms with Crippen LogP contribution in [0.1, 0.15) is 39.7 Å². The molecule has 1 rings (SSSR count). The van der Waals surface area contributed by atoms with Gasteiger partial charge in [-0.2, -0.15) is 0 Å². The zero-order valence-corrected chi connectivity index (χ0v) is 17.5. The van der Waals surface area contributed by atoms with Gasteiger partial charge in [-0.1, -0.05) is 39.8 Å². The van der Waals surface area contributed by atoms with Gasteiger partial charge in [-0.25, -0.2) is 12.7 Å². The highest BCUT2D eigenvalue weighted by atomic mass is 32.2. The molecule has 0 radical (unpaired) electrons. The first-order valence-electron chi connectivity index (χ1n) is 8.49. The zero-order valence-electron chi connectivity index (χ0n) is 15.8. The summed E-state index contributed by atoms with van der Waals surface area (Å²) >= 11 is 1.50. The number of nitrogens with zero attached hydrogens (tertiary/aromatic N) is 1. The van der Waals surface area contributed by atoms with Crippen LogP contribution >= 0.6 is 11.8 Å². The van der Waals surface area contributed by atoms with Gasteiger partial charge in [-0.15, -0.1) is 11.8 Å². The number of carbonyl (C=O) groups excluding carboxylic acids is 1. The summed E-state index contributed by atoms with van der Waals surface area (Å²) in [6.07, 6.45) is 1.81. The molecule has 0 fully saturated rings. The molecule has 0 aromatic heterocycles. The van der Waals surface area contributed by atoms with Crippen molar-refractivity contribution in [2.24, 2.45) is 0 Å². The summed E-state index contributed by atoms with van der Waals surface area (Å²) in [5.41, 5.74) is 1.39. The number of thioether (sulfide) groups is 1. The standard InChI is InChI=1S/C18H30N2O3S2/c1-6-20(25(5,22)23)13-7-12-19-17(21)14-24-16-10-8-15(9-11-16)18(2,3)4/h8-11H,6-7,12-14H2,1-5H3,(H,19,21). The van der Waals surface area contributed by atoms with Crippen LogP contribution in [-0.2, 0) is 20.2 Å². The molecule has 0 heterocycles. The van der Waals surface area contributed by atoms with Crippen molar-refractivity contribution in [2.75, 3.05) is 31.6 Å². The highest BCUT2D eigenvalue weighted by Crippen LogP contribution is 2.25. The lowest BCUT2D eigenvalue weighted by atomic mass is 9.87. The molecular formula is C18H30N2O3S2. The number of benzene rings is 1. The highest BCUT2D eigenvalue weighted by Gasteiger charge is 2.14. The number of hydrogen-bond acceptors (Lipinski definition) is 4. The maximum absolute atomic E-state index is 11.9. The summed E-state index contributed by atoms with van der Waals surface area (Å²) in [4.78, 5) is 13.0. The van der Waals surface area contributed by atoms with Gasteiger partial charge in [0.25, 0.3) is 0 Å². The van der Waals surface area contributed by atoms with Gasteiger partial charge in [0.15, 0.2) is 0 Å². The van der Waals surface area contributed by atoms with E-state index in [1.165, 1.54) is 27.9 Å². The normalized spacial score (nSPS) is 12.4. The SMILES string of the molecule is CCN(CCCNC(=O)CSc1ccc(C(C)(C)C)cc1)S(C)(=O)=O. The molecule has 0 spiro atoms. The molecule has 1 N–H and O–H groups in total. The minimum Gasteiger partial charge on any atom is -0.355 e. The Balaban J connectivity index is 2.31. The van der Waals surface area contributed by atoms with Crippen LogP contribution in [0.15, 0.2) is 29.2 Å². The lowest BCUT2D eigenvalue weighted by Gasteiger charge is -2.19. The monoisotopic (exact) mass is 386 g/mol. The van der Waals surface area contributed by atoms with Gasteiger partial charge in [-0.05, 0) is 29.5 Å². The van der Waals surface area contributed by atoms with Crippen molar-refractivity contribution in [3.8, 4) is 0 Å². The minimum atomic E-state index is -3.16. The second kappa shape index (κ2) is 9.59. The summed E-state index contributed by atoms with van der Waals surface area (Å²) in [5, 5.41) is 2.84. The van der Waals surface area contributed by atoms with E-state index in [2.05, 4.69) is 38.2 Å². The Bertz CT molecular complexity index is 650. The van der Waals surface area contributed by atoms with Crippen LogP contribution in [0, 0.1) is 0 Å². The third kappa shape index (κ3) is 8.25. The summed E-state index contributed by atoms with van der Waals surface area (Å²) < 4.78 is 24.3. The summed E-state index contributed by atoms with van der Waals surface area (Å²) in [7, 11) is -3.16. The topological polar surface area (TPSA) is 66.5 Å². The van der Waals surface area contributed by atoms with Crippen molar-refractivity contribution in [3.63, 3.8) is 0 Å². The molecule has 0 aliphatic carbocycles. The van der Waals surface area contributed by atoms with Crippen molar-refractivity contribution < 1.29 is 13.2 Å². The van der Waals surface area contributed by atoms with Crippen molar-refractivity contribution in [3.05, 3.63) is 29.8 Å². The Hall–Kier alpha value is -1.05. The fraction of sp³-hybridized carbons (Fsp3) is 0.611. The number of sulfonamides is 1. The molecule has 1 aromatic carbocycles. The second-order valence-electron chi connectivity index (χ2n) is 7.02. The Morgan fingerprint density at radius 3 is 2.28 bits per heavy atom. The van der Waals surface area contributed by atoms with E-state index in [4.69, 9.17) is 0 Å². The fourth-order valence-corrected chi connectivity index (χ4v) is 3.95. The highest BCUT2D eigenvalue weighted by molar-refractivity contribution is 8.00. The van der Waals surface area contributed by atoms with Gasteiger partial charge in [0.2, 0.25) is 15.9 Å². The lowest BCUT2D eigenvalue weighted by Crippen LogP contribution is -2.33. The fourth-order valence-electron chi connectivity index (χ4n) is 2.29. The van der Waals surface area contributed by atoms with Crippen LogP contribution in [0.5, 0.6) is 0 Å². The average molecular weight is 387 g/mol. The Morgan fingerprint density at radius 1 is 1.20 bits per heavy atom. The van der Waals surface area contributed by atoms with Gasteiger partial charge >= 0.3 is 0 Å². The van der Waals surface area contributed by atoms with E-state index in [9.17, 15) is 13.2 Å². The van der Waals surface area contributed by atoms with E-state index in [1.54, 1.807) is 6.92 Å². The predicted molar refractivity (Wildman–Crippen MR) is 106 cm³/mol. The zero-order chi connectivity index (χ0) is 19.1. The van der Waals surface area contributed by atoms with E-state index in [0.717, 1.165) is 4.90 Å². The Morgan fingerprint density at radius 2 is 1.80 bits per heavy atom. The molecule has 0 saturated carbocycles. The van der Waals surface area contributed by atoms with Crippen molar-refractivity contribution in [1.29, 1.82) is 0 Å². The lowest BCUT2D eigenvalue weighted by molar-refractivity contribution is -0.118. The van der Waals surface area contributed by atoms with Crippen LogP contribution in [0.25, 0.3) is 0 Å². The third-order valence-corrected chi connectivity index (χ3v) is 6.21. The Kier molecular flexibility index (Phi) is 8.44. The van der Waals surface area contributed by atoms with Gasteiger partial charge in [0.05, 0.1) is 12.0 Å². The molecule has 0 aliphatic rings. The number of hydrogen-bond donors (Lipinski definition) is 1. The Labute approximate surface area is 156 Å². The maximum atomic E-state index is 11.9. The molecule has 1 aromatic rings. The molecule has 5 nitrogen and oxygen atoms in total. The molecule has 25 heavy (non-hydrogen) atoms. The van der Waals surface area contributed by atoms with Crippen LogP contribution < -0.4 is 5.32 Å². The summed E-state index contributed by atoms with van der Waals surface area (Å²) in [6, 6.07) is 8.29. The number of rotatable bonds is 9. The van der Waals surface area contributed by atoms with Crippen LogP contribution in [0.2, 0.25) is 0 Å². The summed E-state index contributed by atoms with van der Waals surface area (Å²) in [6.45, 7) is 9.68. The molecule has 0 aliphatic heterocycles. The van der Waals surface area contributed by atoms with Gasteiger partial charge in [0, 0.05) is 24.5 Å². The van der Waals surface area contributed by atoms with Crippen LogP contribution in [0.4, 0.5) is 0 Å². The maximum Gasteiger partial charge on any atom is 0.230 e. The molecule has 7 heteroatoms. The van der Waals surface area contributed by atoms with Crippen molar-refractivity contribution >= 4 is 27.7 Å². The summed E-state index contributed by atoms with van der Waals surface area (Å²) in [5.74, 6) is 0.325. The molecule has 142 valence electrons. The van der Waals surface area contributed by atoms with E-state index >= 15 is 0 Å². The van der Waals surface area contributed by atoms with E-state index in [-0.39, 0.29) is 11.3 Å². The number of carbonyl (C=O) groups is 1. The van der Waals surface area contributed by atoms with Crippen LogP contribution in [0.3, 0.4) is 0 Å². The van der Waals surface area contributed by atoms with Gasteiger partial charge in [-0.3, -0.25) is 4.79 Å².